The molecule has 0 aliphatic carbocycles. The number of hydrogen-bond acceptors (Lipinski definition) is 4. The van der Waals surface area contributed by atoms with Crippen LogP contribution in [0, 0.1) is 13.8 Å². The van der Waals surface area contributed by atoms with E-state index in [1.54, 1.807) is 27.0 Å². The Morgan fingerprint density at radius 3 is 2.46 bits per heavy atom. The number of hydrogen-bond donors (Lipinski definition) is 1. The number of nitrogens with zero attached hydrogens (tertiary/aromatic N) is 2. The monoisotopic (exact) mass is 335 g/mol. The van der Waals surface area contributed by atoms with Crippen molar-refractivity contribution in [2.24, 2.45) is 0 Å². The topological polar surface area (TPSA) is 80.6 Å². The highest BCUT2D eigenvalue weighted by Gasteiger charge is 2.45. The van der Waals surface area contributed by atoms with E-state index in [1.807, 2.05) is 25.3 Å². The van der Waals surface area contributed by atoms with Gasteiger partial charge in [-0.15, -0.1) is 0 Å². The van der Waals surface area contributed by atoms with Crippen LogP contribution in [0.3, 0.4) is 0 Å². The number of urea groups is 1. The summed E-state index contributed by atoms with van der Waals surface area (Å²) < 4.78 is 7.22. The molecular weight excluding hydrogens is 310 g/mol. The summed E-state index contributed by atoms with van der Waals surface area (Å²) in [5.74, 6) is -0.637. The van der Waals surface area contributed by atoms with E-state index < -0.39 is 11.6 Å². The molecule has 3 amide bonds. The average molecular weight is 335 g/mol. The van der Waals surface area contributed by atoms with Crippen molar-refractivity contribution in [3.63, 3.8) is 0 Å². The second-order valence-corrected chi connectivity index (χ2v) is 6.83. The highest BCUT2D eigenvalue weighted by atomic mass is 16.5. The van der Waals surface area contributed by atoms with Gasteiger partial charge in [-0.2, -0.15) is 0 Å². The molecular formula is C17H25N3O4. The Morgan fingerprint density at radius 1 is 1.33 bits per heavy atom. The van der Waals surface area contributed by atoms with Gasteiger partial charge in [-0.3, -0.25) is 14.5 Å². The molecule has 24 heavy (non-hydrogen) atoms. The van der Waals surface area contributed by atoms with E-state index >= 15 is 0 Å². The minimum atomic E-state index is -0.971. The van der Waals surface area contributed by atoms with Crippen LogP contribution < -0.4 is 5.32 Å². The zero-order valence-corrected chi connectivity index (χ0v) is 15.1. The largest absolute Gasteiger partial charge is 0.383 e. The molecule has 0 bridgehead atoms. The first kappa shape index (κ1) is 18.2. The van der Waals surface area contributed by atoms with E-state index in [4.69, 9.17) is 4.74 Å². The van der Waals surface area contributed by atoms with Crippen LogP contribution in [0.1, 0.15) is 48.6 Å². The molecule has 0 saturated carbocycles. The first-order valence-corrected chi connectivity index (χ1v) is 7.94. The number of aryl methyl sites for hydroxylation is 1. The lowest BCUT2D eigenvalue weighted by Gasteiger charge is -2.18. The van der Waals surface area contributed by atoms with E-state index in [-0.39, 0.29) is 24.3 Å². The van der Waals surface area contributed by atoms with Gasteiger partial charge in [0.25, 0.3) is 5.91 Å². The molecule has 1 aromatic heterocycles. The molecule has 1 saturated heterocycles. The number of carbonyl (C=O) groups is 3. The van der Waals surface area contributed by atoms with Crippen LogP contribution in [-0.2, 0) is 9.53 Å². The van der Waals surface area contributed by atoms with Crippen LogP contribution in [0.2, 0.25) is 0 Å². The van der Waals surface area contributed by atoms with E-state index in [2.05, 4.69) is 5.32 Å². The van der Waals surface area contributed by atoms with Gasteiger partial charge in [0.05, 0.1) is 19.2 Å². The number of ether oxygens (including phenoxy) is 1. The van der Waals surface area contributed by atoms with Crippen molar-refractivity contribution < 1.29 is 19.1 Å². The van der Waals surface area contributed by atoms with Gasteiger partial charge in [0.1, 0.15) is 5.54 Å². The number of imide groups is 1. The van der Waals surface area contributed by atoms with Gasteiger partial charge in [-0.1, -0.05) is 0 Å². The van der Waals surface area contributed by atoms with Crippen LogP contribution in [-0.4, -0.2) is 53.0 Å². The predicted octanol–water partition coefficient (Wildman–Crippen LogP) is 1.83. The van der Waals surface area contributed by atoms with Crippen LogP contribution in [0.15, 0.2) is 6.07 Å². The second-order valence-electron chi connectivity index (χ2n) is 6.83. The maximum Gasteiger partial charge on any atom is 0.325 e. The molecule has 1 fully saturated rings. The van der Waals surface area contributed by atoms with E-state index in [9.17, 15) is 14.4 Å². The van der Waals surface area contributed by atoms with Crippen LogP contribution in [0.25, 0.3) is 0 Å². The zero-order valence-electron chi connectivity index (χ0n) is 15.1. The zero-order chi connectivity index (χ0) is 18.2. The van der Waals surface area contributed by atoms with Crippen molar-refractivity contribution in [3.05, 3.63) is 23.0 Å². The lowest BCUT2D eigenvalue weighted by molar-refractivity contribution is -0.129. The highest BCUT2D eigenvalue weighted by Crippen LogP contribution is 2.23. The highest BCUT2D eigenvalue weighted by molar-refractivity contribution is 6.11. The van der Waals surface area contributed by atoms with Gasteiger partial charge in [0.15, 0.2) is 5.78 Å². The van der Waals surface area contributed by atoms with Crippen molar-refractivity contribution >= 4 is 17.7 Å². The number of carbonyl (C=O) groups excluding carboxylic acids is 3. The fraction of sp³-hybridized carbons (Fsp3) is 0.588. The lowest BCUT2D eigenvalue weighted by atomic mass is 10.1. The second kappa shape index (κ2) is 6.39. The number of rotatable bonds is 6. The molecule has 0 spiro atoms. The molecule has 1 aliphatic heterocycles. The number of ketones is 1. The van der Waals surface area contributed by atoms with Crippen molar-refractivity contribution in [2.75, 3.05) is 20.3 Å². The fourth-order valence-corrected chi connectivity index (χ4v) is 3.24. The maximum absolute atomic E-state index is 12.7. The summed E-state index contributed by atoms with van der Waals surface area (Å²) in [6, 6.07) is 1.36. The summed E-state index contributed by atoms with van der Waals surface area (Å²) in [6.07, 6.45) is 0. The van der Waals surface area contributed by atoms with Gasteiger partial charge in [0.2, 0.25) is 0 Å². The molecule has 1 N–H and O–H groups in total. The van der Waals surface area contributed by atoms with Crippen LogP contribution >= 0.6 is 0 Å². The van der Waals surface area contributed by atoms with Crippen molar-refractivity contribution in [2.45, 2.75) is 46.2 Å². The molecule has 1 unspecified atom stereocenters. The number of Topliss-reactive ketones (excluding diaryl/α,β-unsaturated/α-hetero) is 1. The molecule has 132 valence electrons. The molecule has 2 rings (SSSR count). The van der Waals surface area contributed by atoms with Crippen molar-refractivity contribution in [1.29, 1.82) is 0 Å². The first-order valence-electron chi connectivity index (χ1n) is 7.94. The Hall–Kier alpha value is -2.15. The molecule has 1 aromatic rings. The average Bonchev–Trinajstić information content (AvgIpc) is 2.87. The molecule has 7 nitrogen and oxygen atoms in total. The number of nitrogens with one attached hydrogen (secondary N) is 1. The summed E-state index contributed by atoms with van der Waals surface area (Å²) in [5.41, 5.74) is 1.31. The summed E-state index contributed by atoms with van der Waals surface area (Å²) in [7, 11) is 1.63. The SMILES string of the molecule is COCC(C)n1c(C)cc(C(=O)CN2C(=O)NC(C)(C)C2=O)c1C. The Balaban J connectivity index is 2.24. The molecule has 0 radical (unpaired) electrons. The molecule has 0 aromatic carbocycles. The smallest absolute Gasteiger partial charge is 0.325 e. The summed E-state index contributed by atoms with van der Waals surface area (Å²) >= 11 is 0. The van der Waals surface area contributed by atoms with Crippen LogP contribution in [0.5, 0.6) is 0 Å². The van der Waals surface area contributed by atoms with E-state index in [0.717, 1.165) is 16.3 Å². The van der Waals surface area contributed by atoms with Crippen molar-refractivity contribution in [3.8, 4) is 0 Å². The summed E-state index contributed by atoms with van der Waals surface area (Å²) in [6.45, 7) is 9.32. The summed E-state index contributed by atoms with van der Waals surface area (Å²) in [4.78, 5) is 37.8. The summed E-state index contributed by atoms with van der Waals surface area (Å²) in [5, 5.41) is 2.58. The first-order chi connectivity index (χ1) is 11.1. The molecule has 1 aliphatic rings. The molecule has 2 heterocycles. The normalized spacial score (nSPS) is 18.0. The molecule has 1 atom stereocenters. The van der Waals surface area contributed by atoms with E-state index in [0.29, 0.717) is 12.2 Å². The van der Waals surface area contributed by atoms with Gasteiger partial charge in [-0.05, 0) is 40.7 Å². The fourth-order valence-electron chi connectivity index (χ4n) is 3.24. The number of methoxy groups -OCH3 is 1. The van der Waals surface area contributed by atoms with Gasteiger partial charge >= 0.3 is 6.03 Å². The Kier molecular flexibility index (Phi) is 4.85. The van der Waals surface area contributed by atoms with Crippen molar-refractivity contribution in [1.82, 2.24) is 14.8 Å². The van der Waals surface area contributed by atoms with Gasteiger partial charge in [0, 0.05) is 24.1 Å². The quantitative estimate of drug-likeness (QED) is 0.635. The van der Waals surface area contributed by atoms with E-state index in [1.165, 1.54) is 0 Å². The van der Waals surface area contributed by atoms with Gasteiger partial charge in [-0.25, -0.2) is 4.79 Å². The van der Waals surface area contributed by atoms with Crippen LogP contribution in [0.4, 0.5) is 4.79 Å². The lowest BCUT2D eigenvalue weighted by Crippen LogP contribution is -2.41. The third kappa shape index (κ3) is 3.08. The maximum atomic E-state index is 12.7. The predicted molar refractivity (Wildman–Crippen MR) is 89.1 cm³/mol. The van der Waals surface area contributed by atoms with Gasteiger partial charge < -0.3 is 14.6 Å². The third-order valence-corrected chi connectivity index (χ3v) is 4.38. The Bertz CT molecular complexity index is 690. The standard InChI is InChI=1S/C17H25N3O4/c1-10-7-13(12(3)20(10)11(2)9-24-6)14(21)8-19-15(22)17(4,5)18-16(19)23/h7,11H,8-9H2,1-6H3,(H,18,23). The third-order valence-electron chi connectivity index (χ3n) is 4.38. The Morgan fingerprint density at radius 2 is 1.96 bits per heavy atom. The molecule has 7 heteroatoms. The minimum Gasteiger partial charge on any atom is -0.383 e. The minimum absolute atomic E-state index is 0.0900. The number of aromatic nitrogens is 1. The Labute approximate surface area is 141 Å². The number of amides is 3.